The van der Waals surface area contributed by atoms with E-state index in [0.717, 1.165) is 6.92 Å². The molecule has 0 aliphatic carbocycles. The van der Waals surface area contributed by atoms with Crippen molar-refractivity contribution in [3.8, 4) is 5.75 Å². The number of anilines is 1. The fourth-order valence-electron chi connectivity index (χ4n) is 2.24. The van der Waals surface area contributed by atoms with Crippen molar-refractivity contribution >= 4 is 17.3 Å². The highest BCUT2D eigenvalue weighted by Gasteiger charge is 2.44. The van der Waals surface area contributed by atoms with Gasteiger partial charge in [0.15, 0.2) is 0 Å². The molecule has 0 atom stereocenters. The van der Waals surface area contributed by atoms with E-state index in [-0.39, 0.29) is 5.69 Å². The van der Waals surface area contributed by atoms with E-state index in [2.05, 4.69) is 10.4 Å². The Hall–Kier alpha value is -3.11. The molecule has 0 aliphatic heterocycles. The van der Waals surface area contributed by atoms with E-state index < -0.39 is 34.9 Å². The van der Waals surface area contributed by atoms with Crippen molar-refractivity contribution in [2.75, 3.05) is 11.9 Å². The standard InChI is InChI=1S/C15H15F3N4O4/c1-3-26-11-6-4-10(5-7-11)19-12(23)8-21-9(2)13(22(24)25)14(20-21)15(16,17)18/h4-7H,3,8H2,1-2H3,(H,19,23). The van der Waals surface area contributed by atoms with Crippen molar-refractivity contribution in [2.24, 2.45) is 0 Å². The van der Waals surface area contributed by atoms with Crippen LogP contribution >= 0.6 is 0 Å². The fraction of sp³-hybridized carbons (Fsp3) is 0.333. The summed E-state index contributed by atoms with van der Waals surface area (Å²) in [4.78, 5) is 21.8. The minimum Gasteiger partial charge on any atom is -0.494 e. The number of hydrogen-bond acceptors (Lipinski definition) is 5. The van der Waals surface area contributed by atoms with Gasteiger partial charge >= 0.3 is 11.9 Å². The van der Waals surface area contributed by atoms with Gasteiger partial charge in [0.05, 0.1) is 11.5 Å². The average Bonchev–Trinajstić information content (AvgIpc) is 2.86. The second kappa shape index (κ2) is 7.42. The third-order valence-electron chi connectivity index (χ3n) is 3.37. The number of halogens is 3. The smallest absolute Gasteiger partial charge is 0.442 e. The first kappa shape index (κ1) is 19.2. The van der Waals surface area contributed by atoms with Crippen LogP contribution in [0.5, 0.6) is 5.75 Å². The van der Waals surface area contributed by atoms with Crippen LogP contribution in [0.2, 0.25) is 0 Å². The van der Waals surface area contributed by atoms with E-state index in [4.69, 9.17) is 4.74 Å². The monoisotopic (exact) mass is 372 g/mol. The Morgan fingerprint density at radius 1 is 1.35 bits per heavy atom. The predicted octanol–water partition coefficient (Wildman–Crippen LogP) is 3.16. The summed E-state index contributed by atoms with van der Waals surface area (Å²) in [6.45, 7) is 2.79. The van der Waals surface area contributed by atoms with Crippen molar-refractivity contribution < 1.29 is 27.6 Å². The highest BCUT2D eigenvalue weighted by Crippen LogP contribution is 2.36. The number of hydrogen-bond donors (Lipinski definition) is 1. The van der Waals surface area contributed by atoms with Crippen LogP contribution in [0.25, 0.3) is 0 Å². The molecule has 0 aliphatic rings. The number of benzene rings is 1. The molecule has 0 spiro atoms. The van der Waals surface area contributed by atoms with Gasteiger partial charge in [0.1, 0.15) is 18.0 Å². The lowest BCUT2D eigenvalue weighted by molar-refractivity contribution is -0.388. The summed E-state index contributed by atoms with van der Waals surface area (Å²) in [5.41, 5.74) is -2.75. The van der Waals surface area contributed by atoms with Crippen molar-refractivity contribution in [3.63, 3.8) is 0 Å². The van der Waals surface area contributed by atoms with Gasteiger partial charge in [0.2, 0.25) is 11.6 Å². The Labute approximate surface area is 145 Å². The molecule has 0 saturated heterocycles. The Bertz CT molecular complexity index is 816. The first-order valence-corrected chi connectivity index (χ1v) is 7.45. The van der Waals surface area contributed by atoms with Crippen LogP contribution < -0.4 is 10.1 Å². The third-order valence-corrected chi connectivity index (χ3v) is 3.37. The molecule has 2 aromatic rings. The van der Waals surface area contributed by atoms with Gasteiger partial charge in [-0.3, -0.25) is 19.6 Å². The maximum Gasteiger partial charge on any atom is 0.442 e. The molecule has 1 heterocycles. The maximum absolute atomic E-state index is 12.9. The fourth-order valence-corrected chi connectivity index (χ4v) is 2.24. The van der Waals surface area contributed by atoms with Gasteiger partial charge in [-0.2, -0.15) is 18.3 Å². The number of nitro groups is 1. The predicted molar refractivity (Wildman–Crippen MR) is 84.9 cm³/mol. The molecule has 140 valence electrons. The highest BCUT2D eigenvalue weighted by atomic mass is 19.4. The van der Waals surface area contributed by atoms with E-state index >= 15 is 0 Å². The van der Waals surface area contributed by atoms with Crippen molar-refractivity contribution in [1.29, 1.82) is 0 Å². The van der Waals surface area contributed by atoms with Gasteiger partial charge in [-0.1, -0.05) is 0 Å². The summed E-state index contributed by atoms with van der Waals surface area (Å²) in [5, 5.41) is 16.6. The number of aromatic nitrogens is 2. The molecule has 0 saturated carbocycles. The van der Waals surface area contributed by atoms with Crippen LogP contribution in [0.1, 0.15) is 18.3 Å². The minimum absolute atomic E-state index is 0.357. The second-order valence-electron chi connectivity index (χ2n) is 5.20. The highest BCUT2D eigenvalue weighted by molar-refractivity contribution is 5.90. The number of alkyl halides is 3. The molecule has 26 heavy (non-hydrogen) atoms. The normalized spacial score (nSPS) is 11.3. The van der Waals surface area contributed by atoms with Crippen LogP contribution in [-0.2, 0) is 17.5 Å². The van der Waals surface area contributed by atoms with Crippen LogP contribution in [0, 0.1) is 17.0 Å². The average molecular weight is 372 g/mol. The molecule has 1 aromatic heterocycles. The van der Waals surface area contributed by atoms with Crippen LogP contribution in [0.15, 0.2) is 24.3 Å². The summed E-state index contributed by atoms with van der Waals surface area (Å²) in [5.74, 6) is -0.0813. The largest absolute Gasteiger partial charge is 0.494 e. The second-order valence-corrected chi connectivity index (χ2v) is 5.20. The lowest BCUT2D eigenvalue weighted by Crippen LogP contribution is -2.20. The van der Waals surface area contributed by atoms with E-state index in [1.54, 1.807) is 24.3 Å². The van der Waals surface area contributed by atoms with Gasteiger partial charge in [-0.05, 0) is 38.1 Å². The molecular formula is C15H15F3N4O4. The molecule has 1 amide bonds. The Morgan fingerprint density at radius 3 is 2.42 bits per heavy atom. The summed E-state index contributed by atoms with van der Waals surface area (Å²) < 4.78 is 44.6. The lowest BCUT2D eigenvalue weighted by Gasteiger charge is -2.08. The number of nitrogens with zero attached hydrogens (tertiary/aromatic N) is 3. The molecule has 0 fully saturated rings. The quantitative estimate of drug-likeness (QED) is 0.620. The molecule has 1 aromatic carbocycles. The number of nitrogens with one attached hydrogen (secondary N) is 1. The molecule has 11 heteroatoms. The number of ether oxygens (including phenoxy) is 1. The van der Waals surface area contributed by atoms with Crippen LogP contribution in [0.3, 0.4) is 0 Å². The van der Waals surface area contributed by atoms with E-state index in [9.17, 15) is 28.1 Å². The summed E-state index contributed by atoms with van der Waals surface area (Å²) in [7, 11) is 0. The topological polar surface area (TPSA) is 99.3 Å². The van der Waals surface area contributed by atoms with E-state index in [1.165, 1.54) is 0 Å². The molecule has 0 unspecified atom stereocenters. The summed E-state index contributed by atoms with van der Waals surface area (Å²) in [6, 6.07) is 6.35. The van der Waals surface area contributed by atoms with Gasteiger partial charge in [0.25, 0.3) is 0 Å². The molecular weight excluding hydrogens is 357 g/mol. The van der Waals surface area contributed by atoms with Crippen LogP contribution in [0.4, 0.5) is 24.5 Å². The zero-order chi connectivity index (χ0) is 19.5. The molecule has 1 N–H and O–H groups in total. The Morgan fingerprint density at radius 2 is 1.96 bits per heavy atom. The molecule has 0 radical (unpaired) electrons. The minimum atomic E-state index is -5.00. The third kappa shape index (κ3) is 4.29. The van der Waals surface area contributed by atoms with Crippen molar-refractivity contribution in [3.05, 3.63) is 45.8 Å². The van der Waals surface area contributed by atoms with Gasteiger partial charge in [-0.25, -0.2) is 0 Å². The van der Waals surface area contributed by atoms with Crippen LogP contribution in [-0.4, -0.2) is 27.2 Å². The maximum atomic E-state index is 12.9. The van der Waals surface area contributed by atoms with Gasteiger partial charge in [0, 0.05) is 5.69 Å². The van der Waals surface area contributed by atoms with E-state index in [0.29, 0.717) is 22.7 Å². The van der Waals surface area contributed by atoms with Crippen molar-refractivity contribution in [1.82, 2.24) is 9.78 Å². The lowest BCUT2D eigenvalue weighted by atomic mass is 10.3. The van der Waals surface area contributed by atoms with E-state index in [1.807, 2.05) is 6.92 Å². The molecule has 8 nitrogen and oxygen atoms in total. The summed E-state index contributed by atoms with van der Waals surface area (Å²) >= 11 is 0. The zero-order valence-electron chi connectivity index (χ0n) is 13.8. The van der Waals surface area contributed by atoms with Crippen molar-refractivity contribution in [2.45, 2.75) is 26.6 Å². The first-order valence-electron chi connectivity index (χ1n) is 7.45. The molecule has 0 bridgehead atoms. The zero-order valence-corrected chi connectivity index (χ0v) is 13.8. The number of rotatable bonds is 6. The number of amides is 1. The number of carbonyl (C=O) groups excluding carboxylic acids is 1. The Kier molecular flexibility index (Phi) is 5.48. The first-order chi connectivity index (χ1) is 12.1. The SMILES string of the molecule is CCOc1ccc(NC(=O)Cn2nc(C(F)(F)F)c([N+](=O)[O-])c2C)cc1. The number of carbonyl (C=O) groups is 1. The molecule has 2 rings (SSSR count). The van der Waals surface area contributed by atoms with Gasteiger partial charge in [-0.15, -0.1) is 0 Å². The van der Waals surface area contributed by atoms with Gasteiger partial charge < -0.3 is 10.1 Å². The Balaban J connectivity index is 2.17. The summed E-state index contributed by atoms with van der Waals surface area (Å²) in [6.07, 6.45) is -5.00.